The Balaban J connectivity index is 2.83. The van der Waals surface area contributed by atoms with Gasteiger partial charge < -0.3 is 4.57 Å². The summed E-state index contributed by atoms with van der Waals surface area (Å²) in [7, 11) is 0. The van der Waals surface area contributed by atoms with Crippen molar-refractivity contribution in [1.82, 2.24) is 14.5 Å². The lowest BCUT2D eigenvalue weighted by Crippen LogP contribution is -1.93. The van der Waals surface area contributed by atoms with Gasteiger partial charge in [-0.2, -0.15) is 0 Å². The van der Waals surface area contributed by atoms with E-state index in [4.69, 9.17) is 11.6 Å². The van der Waals surface area contributed by atoms with Gasteiger partial charge in [-0.25, -0.2) is 9.97 Å². The lowest BCUT2D eigenvalue weighted by atomic mass is 10.5. The number of rotatable bonds is 1. The van der Waals surface area contributed by atoms with Gasteiger partial charge in [0, 0.05) is 12.7 Å². The highest BCUT2D eigenvalue weighted by Gasteiger charge is 2.04. The SMILES string of the molecule is [CH2]Cn1ccc2ncnc(Cl)c21. The molecule has 2 rings (SSSR count). The second kappa shape index (κ2) is 2.75. The van der Waals surface area contributed by atoms with Gasteiger partial charge in [0.05, 0.1) is 5.52 Å². The van der Waals surface area contributed by atoms with Crippen molar-refractivity contribution in [2.24, 2.45) is 0 Å². The molecular formula is C8H7ClN3. The summed E-state index contributed by atoms with van der Waals surface area (Å²) in [4.78, 5) is 7.96. The molecule has 0 unspecified atom stereocenters. The van der Waals surface area contributed by atoms with Gasteiger partial charge in [-0.1, -0.05) is 11.6 Å². The zero-order valence-electron chi connectivity index (χ0n) is 6.37. The number of nitrogens with zero attached hydrogens (tertiary/aromatic N) is 3. The molecule has 1 radical (unpaired) electrons. The quantitative estimate of drug-likeness (QED) is 0.628. The maximum Gasteiger partial charge on any atom is 0.156 e. The Hall–Kier alpha value is -1.09. The van der Waals surface area contributed by atoms with Crippen LogP contribution < -0.4 is 0 Å². The Morgan fingerprint density at radius 1 is 1.50 bits per heavy atom. The van der Waals surface area contributed by atoms with Crippen molar-refractivity contribution in [3.63, 3.8) is 0 Å². The minimum atomic E-state index is 0.480. The summed E-state index contributed by atoms with van der Waals surface area (Å²) in [5.74, 6) is 0. The predicted molar refractivity (Wildman–Crippen MR) is 47.9 cm³/mol. The standard InChI is InChI=1S/C8H7ClN3/c1-2-12-4-3-6-7(12)8(9)11-5-10-6/h3-5H,1-2H2. The van der Waals surface area contributed by atoms with Crippen LogP contribution in [-0.4, -0.2) is 14.5 Å². The molecule has 2 aromatic rings. The summed E-state index contributed by atoms with van der Waals surface area (Å²) in [5.41, 5.74) is 1.72. The van der Waals surface area contributed by atoms with Crippen LogP contribution in [0.25, 0.3) is 11.0 Å². The molecule has 4 heteroatoms. The van der Waals surface area contributed by atoms with Gasteiger partial charge >= 0.3 is 0 Å². The molecule has 0 saturated carbocycles. The van der Waals surface area contributed by atoms with E-state index in [1.807, 2.05) is 16.8 Å². The highest BCUT2D eigenvalue weighted by Crippen LogP contribution is 2.19. The molecule has 0 saturated heterocycles. The van der Waals surface area contributed by atoms with Crippen LogP contribution in [0, 0.1) is 6.92 Å². The van der Waals surface area contributed by atoms with Gasteiger partial charge in [0.2, 0.25) is 0 Å². The summed E-state index contributed by atoms with van der Waals surface area (Å²) in [6.45, 7) is 4.40. The Kier molecular flexibility index (Phi) is 1.73. The zero-order chi connectivity index (χ0) is 8.55. The van der Waals surface area contributed by atoms with Gasteiger partial charge in [-0.15, -0.1) is 0 Å². The first kappa shape index (κ1) is 7.55. The zero-order valence-corrected chi connectivity index (χ0v) is 7.12. The van der Waals surface area contributed by atoms with Gasteiger partial charge in [0.15, 0.2) is 5.15 Å². The Bertz CT molecular complexity index is 408. The van der Waals surface area contributed by atoms with Crippen molar-refractivity contribution in [3.05, 3.63) is 30.7 Å². The Morgan fingerprint density at radius 2 is 2.33 bits per heavy atom. The van der Waals surface area contributed by atoms with Crippen LogP contribution in [-0.2, 0) is 6.54 Å². The van der Waals surface area contributed by atoms with E-state index in [-0.39, 0.29) is 0 Å². The van der Waals surface area contributed by atoms with E-state index in [1.165, 1.54) is 6.33 Å². The molecule has 0 bridgehead atoms. The van der Waals surface area contributed by atoms with E-state index in [0.29, 0.717) is 11.7 Å². The van der Waals surface area contributed by atoms with Gasteiger partial charge in [0.25, 0.3) is 0 Å². The summed E-state index contributed by atoms with van der Waals surface area (Å²) >= 11 is 5.88. The predicted octanol–water partition coefficient (Wildman–Crippen LogP) is 1.92. The Labute approximate surface area is 75.0 Å². The Morgan fingerprint density at radius 3 is 3.08 bits per heavy atom. The van der Waals surface area contributed by atoms with Crippen LogP contribution in [0.1, 0.15) is 0 Å². The first-order valence-electron chi connectivity index (χ1n) is 3.57. The average Bonchev–Trinajstić information content (AvgIpc) is 2.49. The monoisotopic (exact) mass is 180 g/mol. The van der Waals surface area contributed by atoms with Crippen LogP contribution in [0.5, 0.6) is 0 Å². The molecule has 61 valence electrons. The fraction of sp³-hybridized carbons (Fsp3) is 0.125. The number of hydrogen-bond acceptors (Lipinski definition) is 2. The van der Waals surface area contributed by atoms with Gasteiger partial charge in [-0.05, 0) is 13.0 Å². The first-order chi connectivity index (χ1) is 5.83. The van der Waals surface area contributed by atoms with Crippen molar-refractivity contribution in [2.75, 3.05) is 0 Å². The fourth-order valence-corrected chi connectivity index (χ4v) is 1.43. The molecular weight excluding hydrogens is 174 g/mol. The van der Waals surface area contributed by atoms with E-state index in [9.17, 15) is 0 Å². The third-order valence-corrected chi connectivity index (χ3v) is 2.02. The highest BCUT2D eigenvalue weighted by atomic mass is 35.5. The highest BCUT2D eigenvalue weighted by molar-refractivity contribution is 6.33. The smallest absolute Gasteiger partial charge is 0.156 e. The molecule has 0 spiro atoms. The molecule has 0 amide bonds. The van der Waals surface area contributed by atoms with E-state index >= 15 is 0 Å². The van der Waals surface area contributed by atoms with Crippen molar-refractivity contribution >= 4 is 22.6 Å². The summed E-state index contributed by atoms with van der Waals surface area (Å²) < 4.78 is 1.91. The second-order valence-electron chi connectivity index (χ2n) is 2.41. The minimum absolute atomic E-state index is 0.480. The number of fused-ring (bicyclic) bond motifs is 1. The summed E-state index contributed by atoms with van der Waals surface area (Å²) in [5, 5.41) is 0.480. The summed E-state index contributed by atoms with van der Waals surface area (Å²) in [6, 6.07) is 1.90. The number of halogens is 1. The van der Waals surface area contributed by atoms with Crippen molar-refractivity contribution in [3.8, 4) is 0 Å². The molecule has 0 atom stereocenters. The maximum absolute atomic E-state index is 5.88. The van der Waals surface area contributed by atoms with Crippen LogP contribution >= 0.6 is 11.6 Å². The van der Waals surface area contributed by atoms with Crippen LogP contribution in [0.2, 0.25) is 5.15 Å². The average molecular weight is 181 g/mol. The van der Waals surface area contributed by atoms with Crippen molar-refractivity contribution in [2.45, 2.75) is 6.54 Å². The lowest BCUT2D eigenvalue weighted by Gasteiger charge is -1.99. The molecule has 2 heterocycles. The van der Waals surface area contributed by atoms with E-state index in [0.717, 1.165) is 11.0 Å². The molecule has 0 aliphatic rings. The van der Waals surface area contributed by atoms with Crippen LogP contribution in [0.15, 0.2) is 18.6 Å². The molecule has 0 aliphatic carbocycles. The number of hydrogen-bond donors (Lipinski definition) is 0. The molecule has 0 N–H and O–H groups in total. The van der Waals surface area contributed by atoms with Gasteiger partial charge in [-0.3, -0.25) is 0 Å². The van der Waals surface area contributed by atoms with Crippen LogP contribution in [0.3, 0.4) is 0 Å². The topological polar surface area (TPSA) is 30.7 Å². The van der Waals surface area contributed by atoms with E-state index < -0.39 is 0 Å². The molecule has 0 aliphatic heterocycles. The second-order valence-corrected chi connectivity index (χ2v) is 2.77. The van der Waals surface area contributed by atoms with E-state index in [2.05, 4.69) is 16.9 Å². The van der Waals surface area contributed by atoms with Crippen LogP contribution in [0.4, 0.5) is 0 Å². The maximum atomic E-state index is 5.88. The van der Waals surface area contributed by atoms with Crippen molar-refractivity contribution in [1.29, 1.82) is 0 Å². The van der Waals surface area contributed by atoms with Crippen molar-refractivity contribution < 1.29 is 0 Å². The summed E-state index contributed by atoms with van der Waals surface area (Å²) in [6.07, 6.45) is 3.36. The third kappa shape index (κ3) is 0.975. The van der Waals surface area contributed by atoms with E-state index in [1.54, 1.807) is 0 Å². The molecule has 12 heavy (non-hydrogen) atoms. The van der Waals surface area contributed by atoms with Gasteiger partial charge in [0.1, 0.15) is 11.8 Å². The minimum Gasteiger partial charge on any atom is -0.344 e. The number of aromatic nitrogens is 3. The molecule has 2 aromatic heterocycles. The molecule has 0 aromatic carbocycles. The third-order valence-electron chi connectivity index (χ3n) is 1.75. The lowest BCUT2D eigenvalue weighted by molar-refractivity contribution is 0.857. The molecule has 0 fully saturated rings. The fourth-order valence-electron chi connectivity index (χ4n) is 1.18. The first-order valence-corrected chi connectivity index (χ1v) is 3.95. The molecule has 3 nitrogen and oxygen atoms in total. The normalized spacial score (nSPS) is 10.8. The largest absolute Gasteiger partial charge is 0.344 e.